The van der Waals surface area contributed by atoms with E-state index < -0.39 is 10.0 Å². The molecule has 0 saturated carbocycles. The van der Waals surface area contributed by atoms with Crippen molar-refractivity contribution in [1.29, 1.82) is 0 Å². The highest BCUT2D eigenvalue weighted by Gasteiger charge is 2.12. The lowest BCUT2D eigenvalue weighted by molar-refractivity contribution is -0.121. The van der Waals surface area contributed by atoms with E-state index in [9.17, 15) is 18.0 Å². The summed E-state index contributed by atoms with van der Waals surface area (Å²) in [6.07, 6.45) is 1.42. The van der Waals surface area contributed by atoms with Gasteiger partial charge in [0.2, 0.25) is 21.4 Å². The smallest absolute Gasteiger partial charge is 0.240 e. The average molecular weight is 400 g/mol. The van der Waals surface area contributed by atoms with Gasteiger partial charge in [-0.1, -0.05) is 24.3 Å². The van der Waals surface area contributed by atoms with E-state index in [0.29, 0.717) is 23.0 Å². The van der Waals surface area contributed by atoms with E-state index in [-0.39, 0.29) is 29.2 Å². The third-order valence-corrected chi connectivity index (χ3v) is 5.69. The minimum Gasteiger partial charge on any atom is -0.352 e. The first-order valence-electron chi connectivity index (χ1n) is 8.65. The van der Waals surface area contributed by atoms with Crippen LogP contribution in [0.5, 0.6) is 0 Å². The van der Waals surface area contributed by atoms with Gasteiger partial charge in [-0.15, -0.1) is 0 Å². The molecule has 3 aromatic rings. The van der Waals surface area contributed by atoms with Crippen molar-refractivity contribution in [3.63, 3.8) is 0 Å². The minimum absolute atomic E-state index is 0.144. The molecule has 0 atom stereocenters. The van der Waals surface area contributed by atoms with Gasteiger partial charge in [0.25, 0.3) is 0 Å². The van der Waals surface area contributed by atoms with E-state index in [2.05, 4.69) is 15.1 Å². The van der Waals surface area contributed by atoms with Crippen LogP contribution in [0.2, 0.25) is 0 Å². The van der Waals surface area contributed by atoms with Crippen LogP contribution in [0.15, 0.2) is 64.4 Å². The van der Waals surface area contributed by atoms with Crippen molar-refractivity contribution in [2.24, 2.45) is 0 Å². The summed E-state index contributed by atoms with van der Waals surface area (Å²) in [7, 11) is -2.18. The fourth-order valence-corrected chi connectivity index (χ4v) is 3.58. The van der Waals surface area contributed by atoms with Crippen LogP contribution in [-0.2, 0) is 27.9 Å². The maximum Gasteiger partial charge on any atom is 0.240 e. The zero-order valence-electron chi connectivity index (χ0n) is 15.3. The van der Waals surface area contributed by atoms with Crippen LogP contribution in [0.1, 0.15) is 12.0 Å². The fraction of sp³-hybridized carbons (Fsp3) is 0.211. The summed E-state index contributed by atoms with van der Waals surface area (Å²) in [6.45, 7) is 0.533. The third kappa shape index (κ3) is 4.44. The number of benzene rings is 2. The van der Waals surface area contributed by atoms with Crippen LogP contribution in [0.25, 0.3) is 10.9 Å². The summed E-state index contributed by atoms with van der Waals surface area (Å²) in [5.74, 6) is -0.202. The first kappa shape index (κ1) is 19.7. The molecule has 0 saturated heterocycles. The number of carbonyl (C=O) groups is 1. The van der Waals surface area contributed by atoms with Crippen molar-refractivity contribution in [2.75, 3.05) is 7.05 Å². The number of hydrogen-bond donors (Lipinski definition) is 2. The average Bonchev–Trinajstić information content (AvgIpc) is 2.72. The van der Waals surface area contributed by atoms with Gasteiger partial charge in [0, 0.05) is 18.4 Å². The lowest BCUT2D eigenvalue weighted by Crippen LogP contribution is -2.25. The summed E-state index contributed by atoms with van der Waals surface area (Å²) in [5.41, 5.74) is 1.19. The van der Waals surface area contributed by atoms with E-state index in [1.54, 1.807) is 35.0 Å². The molecular weight excluding hydrogens is 380 g/mol. The van der Waals surface area contributed by atoms with Gasteiger partial charge in [-0.25, -0.2) is 13.1 Å². The van der Waals surface area contributed by atoms with Crippen LogP contribution < -0.4 is 15.5 Å². The molecule has 2 aromatic carbocycles. The molecule has 28 heavy (non-hydrogen) atoms. The predicted octanol–water partition coefficient (Wildman–Crippen LogP) is 1.01. The predicted molar refractivity (Wildman–Crippen MR) is 105 cm³/mol. The summed E-state index contributed by atoms with van der Waals surface area (Å²) in [4.78, 5) is 24.2. The van der Waals surface area contributed by atoms with Crippen molar-refractivity contribution in [3.8, 4) is 0 Å². The zero-order valence-corrected chi connectivity index (χ0v) is 16.1. The van der Waals surface area contributed by atoms with Crippen LogP contribution in [0, 0.1) is 0 Å². The molecule has 146 valence electrons. The van der Waals surface area contributed by atoms with E-state index in [4.69, 9.17) is 0 Å². The molecule has 0 unspecified atom stereocenters. The number of amides is 1. The molecule has 0 spiro atoms. The summed E-state index contributed by atoms with van der Waals surface area (Å²) >= 11 is 0. The number of rotatable bonds is 7. The third-order valence-electron chi connectivity index (χ3n) is 4.28. The van der Waals surface area contributed by atoms with E-state index in [1.165, 1.54) is 25.4 Å². The number of carbonyl (C=O) groups excluding carboxylic acids is 1. The summed E-state index contributed by atoms with van der Waals surface area (Å²) in [5, 5.41) is 7.42. The summed E-state index contributed by atoms with van der Waals surface area (Å²) in [6, 6.07) is 13.5. The molecule has 0 aliphatic carbocycles. The fourth-order valence-electron chi connectivity index (χ4n) is 2.78. The normalized spacial score (nSPS) is 11.5. The standard InChI is InChI=1S/C19H20N4O4S/c1-20-28(26,27)15-6-4-5-14(11-15)12-21-19(25)9-10-23-17-8-3-2-7-16(17)18(24)13-22-23/h2-8,11,13,20H,9-10,12H2,1H3,(H,21,25). The van der Waals surface area contributed by atoms with Gasteiger partial charge < -0.3 is 5.32 Å². The lowest BCUT2D eigenvalue weighted by atomic mass is 10.2. The molecule has 0 aliphatic heterocycles. The number of aryl methyl sites for hydroxylation is 1. The Balaban J connectivity index is 1.63. The molecule has 0 radical (unpaired) electrons. The molecule has 3 rings (SSSR count). The zero-order chi connectivity index (χ0) is 20.1. The number of aromatic nitrogens is 2. The molecule has 0 bridgehead atoms. The SMILES string of the molecule is CNS(=O)(=O)c1cccc(CNC(=O)CCn2ncc(=O)c3ccccc32)c1. The van der Waals surface area contributed by atoms with Crippen molar-refractivity contribution >= 4 is 26.8 Å². The lowest BCUT2D eigenvalue weighted by Gasteiger charge is -2.10. The molecule has 8 nitrogen and oxygen atoms in total. The number of fused-ring (bicyclic) bond motifs is 1. The maximum atomic E-state index is 12.2. The monoisotopic (exact) mass is 400 g/mol. The van der Waals surface area contributed by atoms with Crippen LogP contribution in [0.4, 0.5) is 0 Å². The van der Waals surface area contributed by atoms with Crippen molar-refractivity contribution in [2.45, 2.75) is 24.4 Å². The molecule has 0 fully saturated rings. The van der Waals surface area contributed by atoms with E-state index in [1.807, 2.05) is 6.07 Å². The Bertz CT molecular complexity index is 1170. The Labute approximate surface area is 162 Å². The van der Waals surface area contributed by atoms with Gasteiger partial charge in [0.05, 0.1) is 23.2 Å². The highest BCUT2D eigenvalue weighted by atomic mass is 32.2. The second-order valence-electron chi connectivity index (χ2n) is 6.13. The van der Waals surface area contributed by atoms with Gasteiger partial charge in [-0.2, -0.15) is 5.10 Å². The Morgan fingerprint density at radius 3 is 2.71 bits per heavy atom. The molecule has 1 aromatic heterocycles. The van der Waals surface area contributed by atoms with Crippen molar-refractivity contribution in [3.05, 3.63) is 70.5 Å². The number of nitrogens with one attached hydrogen (secondary N) is 2. The Kier molecular flexibility index (Phi) is 5.86. The molecular formula is C19H20N4O4S. The van der Waals surface area contributed by atoms with Gasteiger partial charge in [0.1, 0.15) is 0 Å². The maximum absolute atomic E-state index is 12.2. The first-order valence-corrected chi connectivity index (χ1v) is 10.1. The number of para-hydroxylation sites is 1. The highest BCUT2D eigenvalue weighted by Crippen LogP contribution is 2.11. The minimum atomic E-state index is -3.53. The quantitative estimate of drug-likeness (QED) is 0.615. The first-order chi connectivity index (χ1) is 13.4. The van der Waals surface area contributed by atoms with Gasteiger partial charge in [0.15, 0.2) is 0 Å². The Morgan fingerprint density at radius 1 is 1.14 bits per heavy atom. The summed E-state index contributed by atoms with van der Waals surface area (Å²) < 4.78 is 27.6. The Morgan fingerprint density at radius 2 is 1.93 bits per heavy atom. The van der Waals surface area contributed by atoms with Crippen LogP contribution in [-0.4, -0.2) is 31.2 Å². The molecule has 0 aliphatic rings. The topological polar surface area (TPSA) is 110 Å². The number of sulfonamides is 1. The second-order valence-corrected chi connectivity index (χ2v) is 8.02. The van der Waals surface area contributed by atoms with Crippen molar-refractivity contribution in [1.82, 2.24) is 19.8 Å². The van der Waals surface area contributed by atoms with Gasteiger partial charge in [-0.05, 0) is 36.9 Å². The van der Waals surface area contributed by atoms with Crippen LogP contribution in [0.3, 0.4) is 0 Å². The van der Waals surface area contributed by atoms with E-state index in [0.717, 1.165) is 0 Å². The molecule has 1 heterocycles. The van der Waals surface area contributed by atoms with Crippen LogP contribution >= 0.6 is 0 Å². The molecule has 1 amide bonds. The largest absolute Gasteiger partial charge is 0.352 e. The van der Waals surface area contributed by atoms with Gasteiger partial charge >= 0.3 is 0 Å². The second kappa shape index (κ2) is 8.32. The molecule has 2 N–H and O–H groups in total. The Hall–Kier alpha value is -3.04. The van der Waals surface area contributed by atoms with Crippen molar-refractivity contribution < 1.29 is 13.2 Å². The van der Waals surface area contributed by atoms with Gasteiger partial charge in [-0.3, -0.25) is 14.3 Å². The highest BCUT2D eigenvalue weighted by molar-refractivity contribution is 7.89. The van der Waals surface area contributed by atoms with E-state index >= 15 is 0 Å². The number of nitrogens with zero attached hydrogens (tertiary/aromatic N) is 2. The molecule has 9 heteroatoms. The number of hydrogen-bond acceptors (Lipinski definition) is 5.